The van der Waals surface area contributed by atoms with Crippen LogP contribution in [0.4, 0.5) is 8.78 Å². The van der Waals surface area contributed by atoms with Gasteiger partial charge in [-0.1, -0.05) is 74.0 Å². The number of rotatable bonds is 7. The molecule has 0 unspecified atom stereocenters. The summed E-state index contributed by atoms with van der Waals surface area (Å²) < 4.78 is 29.8. The average molecular weight is 352 g/mol. The van der Waals surface area contributed by atoms with Gasteiger partial charge in [0.15, 0.2) is 0 Å². The number of alkyl halides is 2. The van der Waals surface area contributed by atoms with Crippen molar-refractivity contribution in [1.82, 2.24) is 0 Å². The number of hydrogen-bond acceptors (Lipinski definition) is 1. The van der Waals surface area contributed by atoms with E-state index in [-0.39, 0.29) is 5.75 Å². The number of ether oxygens (including phenoxy) is 1. The van der Waals surface area contributed by atoms with Crippen LogP contribution in [0.1, 0.15) is 25.3 Å². The summed E-state index contributed by atoms with van der Waals surface area (Å²) >= 11 is 0. The molecule has 134 valence electrons. The second-order valence-corrected chi connectivity index (χ2v) is 6.25. The Balaban J connectivity index is 2.00. The molecule has 3 aromatic rings. The Hall–Kier alpha value is -2.68. The van der Waals surface area contributed by atoms with Gasteiger partial charge in [0.2, 0.25) is 0 Å². The molecule has 0 aromatic heterocycles. The minimum Gasteiger partial charge on any atom is -0.435 e. The molecule has 0 fully saturated rings. The van der Waals surface area contributed by atoms with Crippen LogP contribution in [0, 0.1) is 0 Å². The topological polar surface area (TPSA) is 9.23 Å². The molecule has 3 aromatic carbocycles. The average Bonchev–Trinajstić information content (AvgIpc) is 2.67. The van der Waals surface area contributed by atoms with Gasteiger partial charge in [0.1, 0.15) is 5.75 Å². The molecule has 0 bridgehead atoms. The van der Waals surface area contributed by atoms with Crippen LogP contribution in [-0.4, -0.2) is 6.61 Å². The van der Waals surface area contributed by atoms with Crippen molar-refractivity contribution >= 4 is 0 Å². The van der Waals surface area contributed by atoms with Gasteiger partial charge in [0.25, 0.3) is 0 Å². The molecule has 3 rings (SSSR count). The van der Waals surface area contributed by atoms with Crippen molar-refractivity contribution in [2.45, 2.75) is 32.8 Å². The molecule has 0 aliphatic rings. The number of unbranched alkanes of at least 4 members (excludes halogenated alkanes) is 1. The normalized spacial score (nSPS) is 10.9. The van der Waals surface area contributed by atoms with Gasteiger partial charge >= 0.3 is 6.61 Å². The summed E-state index contributed by atoms with van der Waals surface area (Å²) in [7, 11) is 0. The van der Waals surface area contributed by atoms with E-state index in [0.717, 1.165) is 28.7 Å². The van der Waals surface area contributed by atoms with E-state index in [2.05, 4.69) is 35.9 Å². The Morgan fingerprint density at radius 3 is 2.15 bits per heavy atom. The van der Waals surface area contributed by atoms with Crippen LogP contribution >= 0.6 is 0 Å². The van der Waals surface area contributed by atoms with Crippen LogP contribution in [0.25, 0.3) is 22.3 Å². The third-order valence-corrected chi connectivity index (χ3v) is 4.38. The first-order chi connectivity index (χ1) is 12.7. The van der Waals surface area contributed by atoms with Crippen LogP contribution in [-0.2, 0) is 6.42 Å². The van der Waals surface area contributed by atoms with Crippen molar-refractivity contribution < 1.29 is 13.5 Å². The van der Waals surface area contributed by atoms with Crippen LogP contribution in [0.3, 0.4) is 0 Å². The summed E-state index contributed by atoms with van der Waals surface area (Å²) in [5.41, 5.74) is 5.23. The molecule has 0 radical (unpaired) electrons. The zero-order chi connectivity index (χ0) is 18.4. The van der Waals surface area contributed by atoms with E-state index in [0.29, 0.717) is 0 Å². The lowest BCUT2D eigenvalue weighted by Gasteiger charge is -2.14. The van der Waals surface area contributed by atoms with Gasteiger partial charge in [-0.2, -0.15) is 8.78 Å². The van der Waals surface area contributed by atoms with Crippen molar-refractivity contribution in [3.05, 3.63) is 78.4 Å². The highest BCUT2D eigenvalue weighted by Gasteiger charge is 2.12. The van der Waals surface area contributed by atoms with Gasteiger partial charge in [0.05, 0.1) is 0 Å². The van der Waals surface area contributed by atoms with E-state index in [9.17, 15) is 8.78 Å². The maximum atomic E-state index is 12.6. The Morgan fingerprint density at radius 1 is 0.808 bits per heavy atom. The largest absolute Gasteiger partial charge is 0.435 e. The van der Waals surface area contributed by atoms with Crippen molar-refractivity contribution in [3.63, 3.8) is 0 Å². The van der Waals surface area contributed by atoms with E-state index < -0.39 is 6.61 Å². The molecule has 0 aliphatic carbocycles. The number of aryl methyl sites for hydroxylation is 1. The molecule has 0 atom stereocenters. The van der Waals surface area contributed by atoms with E-state index in [1.54, 1.807) is 12.1 Å². The van der Waals surface area contributed by atoms with Gasteiger partial charge in [-0.05, 0) is 52.8 Å². The lowest BCUT2D eigenvalue weighted by atomic mass is 9.93. The second kappa shape index (κ2) is 8.61. The predicted octanol–water partition coefficient (Wildman–Crippen LogP) is 6.96. The van der Waals surface area contributed by atoms with E-state index >= 15 is 0 Å². The Labute approximate surface area is 153 Å². The molecular weight excluding hydrogens is 330 g/mol. The SMILES string of the molecule is CCCCc1ccc(-c2ccc(OC(F)F)cc2-c2ccccc2)cc1. The van der Waals surface area contributed by atoms with E-state index in [1.165, 1.54) is 18.4 Å². The monoisotopic (exact) mass is 352 g/mol. The minimum atomic E-state index is -2.83. The Bertz CT molecular complexity index is 827. The van der Waals surface area contributed by atoms with Gasteiger partial charge in [0, 0.05) is 0 Å². The summed E-state index contributed by atoms with van der Waals surface area (Å²) in [6.45, 7) is -0.647. The molecule has 3 heteroatoms. The molecule has 1 nitrogen and oxygen atoms in total. The lowest BCUT2D eigenvalue weighted by molar-refractivity contribution is -0.0498. The molecule has 0 heterocycles. The van der Waals surface area contributed by atoms with Crippen LogP contribution in [0.15, 0.2) is 72.8 Å². The van der Waals surface area contributed by atoms with Gasteiger partial charge < -0.3 is 4.74 Å². The fourth-order valence-corrected chi connectivity index (χ4v) is 3.04. The third kappa shape index (κ3) is 4.48. The molecule has 0 aliphatic heterocycles. The third-order valence-electron chi connectivity index (χ3n) is 4.38. The summed E-state index contributed by atoms with van der Waals surface area (Å²) in [5.74, 6) is 0.169. The number of benzene rings is 3. The van der Waals surface area contributed by atoms with Gasteiger partial charge in [-0.25, -0.2) is 0 Å². The highest BCUT2D eigenvalue weighted by atomic mass is 19.3. The zero-order valence-corrected chi connectivity index (χ0v) is 14.8. The Kier molecular flexibility index (Phi) is 6.00. The summed E-state index contributed by atoms with van der Waals surface area (Å²) in [5, 5.41) is 0. The highest BCUT2D eigenvalue weighted by molar-refractivity contribution is 5.84. The van der Waals surface area contributed by atoms with E-state index in [1.807, 2.05) is 36.4 Å². The second-order valence-electron chi connectivity index (χ2n) is 6.25. The minimum absolute atomic E-state index is 0.169. The van der Waals surface area contributed by atoms with Crippen LogP contribution in [0.5, 0.6) is 5.75 Å². The highest BCUT2D eigenvalue weighted by Crippen LogP contribution is 2.35. The molecule has 0 spiro atoms. The number of hydrogen-bond donors (Lipinski definition) is 0. The van der Waals surface area contributed by atoms with Gasteiger partial charge in [-0.15, -0.1) is 0 Å². The summed E-state index contributed by atoms with van der Waals surface area (Å²) in [6, 6.07) is 23.4. The van der Waals surface area contributed by atoms with Crippen LogP contribution < -0.4 is 4.74 Å². The van der Waals surface area contributed by atoms with Gasteiger partial charge in [-0.3, -0.25) is 0 Å². The first-order valence-corrected chi connectivity index (χ1v) is 8.91. The first kappa shape index (κ1) is 18.1. The quantitative estimate of drug-likeness (QED) is 0.446. The fraction of sp³-hybridized carbons (Fsp3) is 0.217. The molecule has 0 N–H and O–H groups in total. The van der Waals surface area contributed by atoms with Crippen molar-refractivity contribution in [1.29, 1.82) is 0 Å². The predicted molar refractivity (Wildman–Crippen MR) is 103 cm³/mol. The van der Waals surface area contributed by atoms with E-state index in [4.69, 9.17) is 0 Å². The fourth-order valence-electron chi connectivity index (χ4n) is 3.04. The zero-order valence-electron chi connectivity index (χ0n) is 14.8. The standard InChI is InChI=1S/C23H22F2O/c1-2-3-7-17-10-12-19(13-11-17)21-15-14-20(26-23(24)25)16-22(21)18-8-5-4-6-9-18/h4-6,8-16,23H,2-3,7H2,1H3. The number of halogens is 2. The summed E-state index contributed by atoms with van der Waals surface area (Å²) in [4.78, 5) is 0. The van der Waals surface area contributed by atoms with Crippen molar-refractivity contribution in [2.75, 3.05) is 0 Å². The smallest absolute Gasteiger partial charge is 0.387 e. The van der Waals surface area contributed by atoms with Crippen LogP contribution in [0.2, 0.25) is 0 Å². The maximum absolute atomic E-state index is 12.6. The maximum Gasteiger partial charge on any atom is 0.387 e. The first-order valence-electron chi connectivity index (χ1n) is 8.91. The molecule has 26 heavy (non-hydrogen) atoms. The van der Waals surface area contributed by atoms with Crippen molar-refractivity contribution in [2.24, 2.45) is 0 Å². The van der Waals surface area contributed by atoms with Crippen molar-refractivity contribution in [3.8, 4) is 28.0 Å². The molecular formula is C23H22F2O. The molecule has 0 amide bonds. The molecule has 0 saturated heterocycles. The molecule has 0 saturated carbocycles. The lowest BCUT2D eigenvalue weighted by Crippen LogP contribution is -2.02. The summed E-state index contributed by atoms with van der Waals surface area (Å²) in [6.07, 6.45) is 3.42. The Morgan fingerprint density at radius 2 is 1.50 bits per heavy atom.